The first-order valence-electron chi connectivity index (χ1n) is 7.92. The molecule has 6 nitrogen and oxygen atoms in total. The molecule has 24 heavy (non-hydrogen) atoms. The molecule has 0 saturated carbocycles. The Bertz CT molecular complexity index is 626. The van der Waals surface area contributed by atoms with E-state index in [2.05, 4.69) is 5.32 Å². The number of hydrogen-bond donors (Lipinski definition) is 1. The third-order valence-electron chi connectivity index (χ3n) is 3.68. The first-order chi connectivity index (χ1) is 11.5. The zero-order chi connectivity index (χ0) is 17.4. The van der Waals surface area contributed by atoms with Crippen molar-refractivity contribution in [3.8, 4) is 0 Å². The number of amides is 1. The van der Waals surface area contributed by atoms with Crippen LogP contribution in [-0.4, -0.2) is 52.5 Å². The van der Waals surface area contributed by atoms with E-state index in [0.29, 0.717) is 6.61 Å². The maximum Gasteiger partial charge on any atom is 0.246 e. The molecule has 1 aromatic rings. The van der Waals surface area contributed by atoms with Crippen molar-refractivity contribution < 1.29 is 27.1 Å². The predicted octanol–water partition coefficient (Wildman–Crippen LogP) is 1.30. The quantitative estimate of drug-likeness (QED) is 0.708. The second kappa shape index (κ2) is 9.10. The Kier molecular flexibility index (Phi) is 7.14. The van der Waals surface area contributed by atoms with Gasteiger partial charge in [-0.15, -0.1) is 0 Å². The van der Waals surface area contributed by atoms with Crippen molar-refractivity contribution in [3.05, 3.63) is 30.1 Å². The second-order valence-electron chi connectivity index (χ2n) is 5.63. The summed E-state index contributed by atoms with van der Waals surface area (Å²) in [5.74, 6) is -1.13. The van der Waals surface area contributed by atoms with Crippen molar-refractivity contribution in [2.24, 2.45) is 0 Å². The number of rotatable bonds is 8. The van der Waals surface area contributed by atoms with E-state index < -0.39 is 15.7 Å². The Balaban J connectivity index is 1.65. The number of ether oxygens (including phenoxy) is 2. The average Bonchev–Trinajstić information content (AvgIpc) is 2.56. The molecule has 0 radical (unpaired) electrons. The highest BCUT2D eigenvalue weighted by Crippen LogP contribution is 2.13. The van der Waals surface area contributed by atoms with Crippen molar-refractivity contribution >= 4 is 15.7 Å². The van der Waals surface area contributed by atoms with E-state index in [1.54, 1.807) is 0 Å². The molecule has 0 bridgehead atoms. The van der Waals surface area contributed by atoms with Gasteiger partial charge in [-0.2, -0.15) is 0 Å². The van der Waals surface area contributed by atoms with Gasteiger partial charge in [-0.25, -0.2) is 12.8 Å². The van der Waals surface area contributed by atoms with Gasteiger partial charge in [-0.05, 0) is 43.5 Å². The fourth-order valence-corrected chi connectivity index (χ4v) is 3.51. The molecule has 0 unspecified atom stereocenters. The van der Waals surface area contributed by atoms with Crippen LogP contribution in [0.1, 0.15) is 19.3 Å². The van der Waals surface area contributed by atoms with E-state index in [1.165, 1.54) is 12.1 Å². The van der Waals surface area contributed by atoms with Crippen LogP contribution >= 0.6 is 0 Å². The van der Waals surface area contributed by atoms with Crippen LogP contribution in [0.2, 0.25) is 0 Å². The minimum Gasteiger partial charge on any atom is -0.376 e. The summed E-state index contributed by atoms with van der Waals surface area (Å²) >= 11 is 0. The summed E-state index contributed by atoms with van der Waals surface area (Å²) in [6.45, 7) is 0.932. The molecule has 1 heterocycles. The van der Waals surface area contributed by atoms with Crippen LogP contribution in [0.4, 0.5) is 4.39 Å². The van der Waals surface area contributed by atoms with Crippen molar-refractivity contribution in [3.63, 3.8) is 0 Å². The smallest absolute Gasteiger partial charge is 0.246 e. The molecule has 2 rings (SSSR count). The molecule has 134 valence electrons. The second-order valence-corrected chi connectivity index (χ2v) is 7.74. The van der Waals surface area contributed by atoms with Crippen LogP contribution in [0.15, 0.2) is 29.2 Å². The van der Waals surface area contributed by atoms with Gasteiger partial charge in [0.25, 0.3) is 0 Å². The molecule has 1 N–H and O–H groups in total. The number of benzene rings is 1. The molecule has 8 heteroatoms. The number of halogens is 1. The largest absolute Gasteiger partial charge is 0.376 e. The lowest BCUT2D eigenvalue weighted by atomic mass is 10.1. The zero-order valence-corrected chi connectivity index (χ0v) is 14.2. The standard InChI is InChI=1S/C16H22FNO5S/c17-13-4-6-15(7-5-13)24(20,21)10-8-18-16(19)12-22-11-14-3-1-2-9-23-14/h4-7,14H,1-3,8-12H2,(H,18,19)/t14-/m1/s1. The number of carbonyl (C=O) groups excluding carboxylic acids is 1. The predicted molar refractivity (Wildman–Crippen MR) is 85.9 cm³/mol. The van der Waals surface area contributed by atoms with E-state index in [9.17, 15) is 17.6 Å². The van der Waals surface area contributed by atoms with Gasteiger partial charge in [0.05, 0.1) is 23.4 Å². The zero-order valence-electron chi connectivity index (χ0n) is 13.4. The molecular formula is C16H22FNO5S. The van der Waals surface area contributed by atoms with Gasteiger partial charge >= 0.3 is 0 Å². The van der Waals surface area contributed by atoms with Crippen LogP contribution in [0, 0.1) is 5.82 Å². The summed E-state index contributed by atoms with van der Waals surface area (Å²) in [4.78, 5) is 11.7. The molecule has 1 atom stereocenters. The van der Waals surface area contributed by atoms with Gasteiger partial charge in [0.1, 0.15) is 12.4 Å². The van der Waals surface area contributed by atoms with E-state index in [1.807, 2.05) is 0 Å². The van der Waals surface area contributed by atoms with Crippen LogP contribution < -0.4 is 5.32 Å². The number of nitrogens with one attached hydrogen (secondary N) is 1. The van der Waals surface area contributed by atoms with Crippen molar-refractivity contribution in [2.75, 3.05) is 32.1 Å². The van der Waals surface area contributed by atoms with Gasteiger partial charge in [0.15, 0.2) is 9.84 Å². The van der Waals surface area contributed by atoms with E-state index in [4.69, 9.17) is 9.47 Å². The third-order valence-corrected chi connectivity index (χ3v) is 5.41. The Hall–Kier alpha value is -1.51. The summed E-state index contributed by atoms with van der Waals surface area (Å²) in [6.07, 6.45) is 3.11. The summed E-state index contributed by atoms with van der Waals surface area (Å²) in [6, 6.07) is 4.60. The molecular weight excluding hydrogens is 337 g/mol. The average molecular weight is 359 g/mol. The van der Waals surface area contributed by atoms with E-state index >= 15 is 0 Å². The SMILES string of the molecule is O=C(COC[C@H]1CCCCO1)NCCS(=O)(=O)c1ccc(F)cc1. The highest BCUT2D eigenvalue weighted by molar-refractivity contribution is 7.91. The van der Waals surface area contributed by atoms with Gasteiger partial charge in [0.2, 0.25) is 5.91 Å². The fraction of sp³-hybridized carbons (Fsp3) is 0.562. The minimum absolute atomic E-state index is 0.0260. The first kappa shape index (κ1) is 18.8. The van der Waals surface area contributed by atoms with Gasteiger partial charge in [-0.3, -0.25) is 4.79 Å². The molecule has 1 saturated heterocycles. The topological polar surface area (TPSA) is 81.7 Å². The lowest BCUT2D eigenvalue weighted by Crippen LogP contribution is -2.33. The van der Waals surface area contributed by atoms with Crippen LogP contribution in [0.3, 0.4) is 0 Å². The molecule has 0 spiro atoms. The van der Waals surface area contributed by atoms with Crippen molar-refractivity contribution in [2.45, 2.75) is 30.3 Å². The fourth-order valence-electron chi connectivity index (χ4n) is 2.36. The maximum atomic E-state index is 12.8. The molecule has 1 aliphatic heterocycles. The van der Waals surface area contributed by atoms with Crippen molar-refractivity contribution in [1.82, 2.24) is 5.32 Å². The molecule has 0 aromatic heterocycles. The molecule has 0 aliphatic carbocycles. The van der Waals surface area contributed by atoms with Gasteiger partial charge in [0, 0.05) is 13.2 Å². The van der Waals surface area contributed by atoms with E-state index in [0.717, 1.165) is 38.0 Å². The lowest BCUT2D eigenvalue weighted by molar-refractivity contribution is -0.127. The maximum absolute atomic E-state index is 12.8. The summed E-state index contributed by atoms with van der Waals surface area (Å²) in [5.41, 5.74) is 0. The van der Waals surface area contributed by atoms with Crippen LogP contribution in [-0.2, 0) is 24.1 Å². The number of carbonyl (C=O) groups is 1. The Morgan fingerprint density at radius 1 is 1.29 bits per heavy atom. The minimum atomic E-state index is -3.55. The first-order valence-corrected chi connectivity index (χ1v) is 9.57. The Morgan fingerprint density at radius 2 is 2.04 bits per heavy atom. The van der Waals surface area contributed by atoms with Crippen LogP contribution in [0.5, 0.6) is 0 Å². The Morgan fingerprint density at radius 3 is 2.71 bits per heavy atom. The molecule has 1 fully saturated rings. The van der Waals surface area contributed by atoms with Gasteiger partial charge in [-0.1, -0.05) is 0 Å². The van der Waals surface area contributed by atoms with Gasteiger partial charge < -0.3 is 14.8 Å². The summed E-state index contributed by atoms with van der Waals surface area (Å²) in [5, 5.41) is 2.50. The highest BCUT2D eigenvalue weighted by Gasteiger charge is 2.16. The number of hydrogen-bond acceptors (Lipinski definition) is 5. The van der Waals surface area contributed by atoms with Crippen LogP contribution in [0.25, 0.3) is 0 Å². The normalized spacial score (nSPS) is 18.3. The molecule has 1 amide bonds. The highest BCUT2D eigenvalue weighted by atomic mass is 32.2. The van der Waals surface area contributed by atoms with Crippen molar-refractivity contribution in [1.29, 1.82) is 0 Å². The number of sulfone groups is 1. The Labute approximate surface area is 141 Å². The third kappa shape index (κ3) is 6.18. The van der Waals surface area contributed by atoms with E-state index in [-0.39, 0.29) is 35.8 Å². The summed E-state index contributed by atoms with van der Waals surface area (Å²) < 4.78 is 47.6. The molecule has 1 aromatic carbocycles. The molecule has 1 aliphatic rings. The summed E-state index contributed by atoms with van der Waals surface area (Å²) in [7, 11) is -3.55. The lowest BCUT2D eigenvalue weighted by Gasteiger charge is -2.22. The monoisotopic (exact) mass is 359 g/mol.